The molecule has 0 aliphatic rings. The van der Waals surface area contributed by atoms with E-state index >= 15 is 0 Å². The number of aryl methyl sites for hydroxylation is 1. The molecule has 0 saturated heterocycles. The van der Waals surface area contributed by atoms with Gasteiger partial charge >= 0.3 is 5.95 Å². The topological polar surface area (TPSA) is 191 Å². The molecular formula is C7H7N13O. The van der Waals surface area contributed by atoms with Crippen LogP contribution >= 0.6 is 0 Å². The zero-order chi connectivity index (χ0) is 14.8. The van der Waals surface area contributed by atoms with Gasteiger partial charge in [0, 0.05) is 5.18 Å². The zero-order valence-electron chi connectivity index (χ0n) is 10.5. The van der Waals surface area contributed by atoms with Crippen molar-refractivity contribution < 1.29 is 0 Å². The number of rotatable bonds is 4. The number of nitrogen functional groups attached to an aromatic ring is 1. The highest BCUT2D eigenvalue weighted by molar-refractivity contribution is 5.42. The van der Waals surface area contributed by atoms with Crippen molar-refractivity contribution in [3.8, 4) is 5.95 Å². The fraction of sp³-hybridized carbons (Fsp3) is 0.143. The Morgan fingerprint density at radius 3 is 2.52 bits per heavy atom. The summed E-state index contributed by atoms with van der Waals surface area (Å²) in [5, 5.41) is 30.3. The Bertz CT molecular complexity index is 772. The van der Waals surface area contributed by atoms with E-state index in [2.05, 4.69) is 56.2 Å². The summed E-state index contributed by atoms with van der Waals surface area (Å²) >= 11 is 0. The number of nitrogens with one attached hydrogen (secondary N) is 2. The monoisotopic (exact) mass is 289 g/mol. The van der Waals surface area contributed by atoms with E-state index in [9.17, 15) is 4.91 Å². The lowest BCUT2D eigenvalue weighted by Gasteiger charge is -2.00. The lowest BCUT2D eigenvalue weighted by Crippen LogP contribution is -2.10. The van der Waals surface area contributed by atoms with Crippen LogP contribution in [-0.2, 0) is 0 Å². The molecule has 3 heterocycles. The fourth-order valence-corrected chi connectivity index (χ4v) is 1.39. The van der Waals surface area contributed by atoms with E-state index in [1.165, 1.54) is 4.68 Å². The quantitative estimate of drug-likeness (QED) is 0.498. The van der Waals surface area contributed by atoms with E-state index in [1.807, 2.05) is 0 Å². The van der Waals surface area contributed by atoms with Gasteiger partial charge in [-0.25, -0.2) is 5.10 Å². The molecule has 0 fully saturated rings. The molecule has 0 unspecified atom stereocenters. The number of hydrogen-bond acceptors (Lipinski definition) is 12. The van der Waals surface area contributed by atoms with Gasteiger partial charge in [-0.3, -0.25) is 5.32 Å². The van der Waals surface area contributed by atoms with E-state index < -0.39 is 0 Å². The number of H-pyrrole nitrogens is 1. The van der Waals surface area contributed by atoms with Crippen LogP contribution in [0, 0.1) is 11.8 Å². The number of nitrogens with two attached hydrogens (primary N) is 1. The zero-order valence-corrected chi connectivity index (χ0v) is 10.5. The second-order valence-electron chi connectivity index (χ2n) is 3.65. The summed E-state index contributed by atoms with van der Waals surface area (Å²) in [6, 6.07) is 0. The minimum atomic E-state index is -0.227. The Hall–Kier alpha value is -3.58. The molecule has 0 aliphatic carbocycles. The van der Waals surface area contributed by atoms with Crippen molar-refractivity contribution in [3.63, 3.8) is 0 Å². The summed E-state index contributed by atoms with van der Waals surface area (Å²) in [7, 11) is 0. The van der Waals surface area contributed by atoms with Crippen molar-refractivity contribution in [3.05, 3.63) is 10.7 Å². The van der Waals surface area contributed by atoms with Crippen LogP contribution in [0.2, 0.25) is 0 Å². The van der Waals surface area contributed by atoms with Gasteiger partial charge in [0.15, 0.2) is 0 Å². The molecule has 3 rings (SSSR count). The van der Waals surface area contributed by atoms with Gasteiger partial charge < -0.3 is 5.73 Å². The van der Waals surface area contributed by atoms with Crippen molar-refractivity contribution in [2.24, 2.45) is 5.18 Å². The first kappa shape index (κ1) is 12.5. The number of nitrogens with zero attached hydrogens (tertiary/aromatic N) is 10. The molecule has 0 aromatic carbocycles. The highest BCUT2D eigenvalue weighted by Gasteiger charge is 2.12. The highest BCUT2D eigenvalue weighted by atomic mass is 16.3. The van der Waals surface area contributed by atoms with E-state index in [0.29, 0.717) is 5.82 Å². The third kappa shape index (κ3) is 2.44. The third-order valence-electron chi connectivity index (χ3n) is 2.22. The second-order valence-corrected chi connectivity index (χ2v) is 3.65. The van der Waals surface area contributed by atoms with Gasteiger partial charge in [-0.2, -0.15) is 14.6 Å². The average molecular weight is 289 g/mol. The predicted molar refractivity (Wildman–Crippen MR) is 66.8 cm³/mol. The van der Waals surface area contributed by atoms with Crippen molar-refractivity contribution in [1.29, 1.82) is 0 Å². The van der Waals surface area contributed by atoms with E-state index in [4.69, 9.17) is 5.73 Å². The summed E-state index contributed by atoms with van der Waals surface area (Å²) in [6.45, 7) is 1.60. The Balaban J connectivity index is 1.83. The first-order chi connectivity index (χ1) is 10.2. The second kappa shape index (κ2) is 4.83. The summed E-state index contributed by atoms with van der Waals surface area (Å²) in [6.07, 6.45) is 0. The molecule has 21 heavy (non-hydrogen) atoms. The first-order valence-electron chi connectivity index (χ1n) is 5.45. The summed E-state index contributed by atoms with van der Waals surface area (Å²) < 4.78 is 1.19. The lowest BCUT2D eigenvalue weighted by molar-refractivity contribution is 0.715. The van der Waals surface area contributed by atoms with Crippen LogP contribution < -0.4 is 11.1 Å². The van der Waals surface area contributed by atoms with Gasteiger partial charge in [-0.05, 0) is 6.92 Å². The number of aromatic nitrogens is 10. The number of anilines is 3. The van der Waals surface area contributed by atoms with Gasteiger partial charge in [0.25, 0.3) is 17.8 Å². The largest absolute Gasteiger partial charge is 0.368 e. The molecule has 0 spiro atoms. The van der Waals surface area contributed by atoms with Crippen LogP contribution in [0.3, 0.4) is 0 Å². The van der Waals surface area contributed by atoms with Crippen LogP contribution in [0.15, 0.2) is 5.18 Å². The maximum absolute atomic E-state index is 10.4. The maximum Gasteiger partial charge on any atom is 0.310 e. The summed E-state index contributed by atoms with van der Waals surface area (Å²) in [5.74, 6) is 0.555. The average Bonchev–Trinajstić information content (AvgIpc) is 3.06. The smallest absolute Gasteiger partial charge is 0.310 e. The molecule has 14 nitrogen and oxygen atoms in total. The van der Waals surface area contributed by atoms with Gasteiger partial charge in [0.1, 0.15) is 5.82 Å². The van der Waals surface area contributed by atoms with Crippen LogP contribution in [0.4, 0.5) is 23.8 Å². The summed E-state index contributed by atoms with van der Waals surface area (Å²) in [4.78, 5) is 18.0. The van der Waals surface area contributed by atoms with Gasteiger partial charge in [-0.1, -0.05) is 0 Å². The van der Waals surface area contributed by atoms with Crippen molar-refractivity contribution in [1.82, 2.24) is 50.3 Å². The van der Waals surface area contributed by atoms with Crippen LogP contribution in [0.1, 0.15) is 5.82 Å². The molecule has 4 N–H and O–H groups in total. The van der Waals surface area contributed by atoms with Crippen molar-refractivity contribution >= 4 is 23.8 Å². The van der Waals surface area contributed by atoms with Gasteiger partial charge in [0.2, 0.25) is 5.95 Å². The van der Waals surface area contributed by atoms with E-state index in [-0.39, 0.29) is 29.7 Å². The first-order valence-corrected chi connectivity index (χ1v) is 5.45. The molecule has 14 heteroatoms. The molecule has 0 atom stereocenters. The van der Waals surface area contributed by atoms with E-state index in [0.717, 1.165) is 0 Å². The van der Waals surface area contributed by atoms with Crippen LogP contribution in [0.5, 0.6) is 0 Å². The molecule has 0 radical (unpaired) electrons. The minimum Gasteiger partial charge on any atom is -0.368 e. The molecule has 0 aliphatic heterocycles. The Kier molecular flexibility index (Phi) is 2.87. The Morgan fingerprint density at radius 2 is 1.95 bits per heavy atom. The lowest BCUT2D eigenvalue weighted by atomic mass is 10.7. The third-order valence-corrected chi connectivity index (χ3v) is 2.22. The fourth-order valence-electron chi connectivity index (χ4n) is 1.39. The molecule has 0 saturated carbocycles. The van der Waals surface area contributed by atoms with Crippen LogP contribution in [-0.4, -0.2) is 50.3 Å². The molecule has 0 amide bonds. The molecule has 3 aromatic heterocycles. The molecule has 106 valence electrons. The number of nitroso groups, excluding NO2 is 1. The number of aromatic amines is 1. The standard InChI is InChI=1S/C7H7N13O/c1-2-9-6(19-21)18-20(2)7-16-14-5(15-17-7)11-4-10-3(8)12-13-4/h1H3,(H4,8,10,11,12,13,14,15). The summed E-state index contributed by atoms with van der Waals surface area (Å²) in [5.41, 5.74) is 5.37. The normalized spacial score (nSPS) is 10.5. The molecule has 3 aromatic rings. The highest BCUT2D eigenvalue weighted by Crippen LogP contribution is 2.09. The van der Waals surface area contributed by atoms with Crippen LogP contribution in [0.25, 0.3) is 5.95 Å². The SMILES string of the molecule is Cc1nc(N=O)nn1-c1nnc(Nc2n[nH]c(N)n2)nn1. The van der Waals surface area contributed by atoms with Crippen molar-refractivity contribution in [2.75, 3.05) is 11.1 Å². The minimum absolute atomic E-state index is 0.0370. The van der Waals surface area contributed by atoms with Crippen molar-refractivity contribution in [2.45, 2.75) is 6.92 Å². The number of hydrogen-bond donors (Lipinski definition) is 3. The molecular weight excluding hydrogens is 282 g/mol. The maximum atomic E-state index is 10.4. The van der Waals surface area contributed by atoms with Gasteiger partial charge in [-0.15, -0.1) is 35.5 Å². The van der Waals surface area contributed by atoms with E-state index in [1.54, 1.807) is 6.92 Å². The molecule has 0 bridgehead atoms. The van der Waals surface area contributed by atoms with Gasteiger partial charge in [0.05, 0.1) is 0 Å². The Morgan fingerprint density at radius 1 is 1.19 bits per heavy atom. The predicted octanol–water partition coefficient (Wildman–Crippen LogP) is -1.00. The Labute approximate surface area is 115 Å².